The van der Waals surface area contributed by atoms with Gasteiger partial charge < -0.3 is 14.8 Å². The van der Waals surface area contributed by atoms with Crippen LogP contribution in [0, 0.1) is 5.92 Å². The highest BCUT2D eigenvalue weighted by Gasteiger charge is 2.32. The maximum atomic E-state index is 13.1. The van der Waals surface area contributed by atoms with Crippen LogP contribution in [-0.4, -0.2) is 36.1 Å². The van der Waals surface area contributed by atoms with Crippen LogP contribution in [0.25, 0.3) is 16.7 Å². The second kappa shape index (κ2) is 13.1. The second-order valence-electron chi connectivity index (χ2n) is 10.7. The topological polar surface area (TPSA) is 90.4 Å². The van der Waals surface area contributed by atoms with E-state index < -0.39 is 6.09 Å². The normalized spacial score (nSPS) is 16.7. The van der Waals surface area contributed by atoms with E-state index in [0.717, 1.165) is 29.4 Å². The summed E-state index contributed by atoms with van der Waals surface area (Å²) in [7, 11) is 1.56. The molecule has 7 nitrogen and oxygen atoms in total. The van der Waals surface area contributed by atoms with Gasteiger partial charge in [0.15, 0.2) is 6.29 Å². The zero-order valence-corrected chi connectivity index (χ0v) is 25.8. The van der Waals surface area contributed by atoms with Crippen molar-refractivity contribution in [2.24, 2.45) is 5.92 Å². The summed E-state index contributed by atoms with van der Waals surface area (Å²) >= 11 is 8.13. The molecule has 0 saturated carbocycles. The molecule has 2 aromatic heterocycles. The van der Waals surface area contributed by atoms with Gasteiger partial charge in [0.25, 0.3) is 0 Å². The number of rotatable bonds is 9. The summed E-state index contributed by atoms with van der Waals surface area (Å²) in [4.78, 5) is 34.0. The monoisotopic (exact) mass is 623 g/mol. The Bertz CT molecular complexity index is 1800. The molecule has 222 valence electrons. The van der Waals surface area contributed by atoms with Gasteiger partial charge in [-0.2, -0.15) is 0 Å². The first-order chi connectivity index (χ1) is 21.4. The highest BCUT2D eigenvalue weighted by molar-refractivity contribution is 7.99. The summed E-state index contributed by atoms with van der Waals surface area (Å²) < 4.78 is 11.1. The molecule has 0 radical (unpaired) electrons. The fraction of sp³-hybridized carbons (Fsp3) is 0.200. The summed E-state index contributed by atoms with van der Waals surface area (Å²) in [6.07, 6.45) is 8.91. The molecule has 1 amide bonds. The number of nitrogens with zero attached hydrogens (tertiary/aromatic N) is 2. The number of hydrogen-bond donors (Lipinski definition) is 1. The fourth-order valence-electron chi connectivity index (χ4n) is 5.71. The van der Waals surface area contributed by atoms with Crippen molar-refractivity contribution >= 4 is 41.3 Å². The summed E-state index contributed by atoms with van der Waals surface area (Å²) in [6.45, 7) is 2.59. The van der Waals surface area contributed by atoms with Crippen molar-refractivity contribution in [3.05, 3.63) is 118 Å². The van der Waals surface area contributed by atoms with E-state index in [0.29, 0.717) is 32.3 Å². The number of carbonyl (C=O) groups excluding carboxylic acids is 2. The van der Waals surface area contributed by atoms with E-state index >= 15 is 0 Å². The second-order valence-corrected chi connectivity index (χ2v) is 12.1. The van der Waals surface area contributed by atoms with Crippen LogP contribution in [0.2, 0.25) is 5.02 Å². The number of ether oxygens (including phenoxy) is 2. The summed E-state index contributed by atoms with van der Waals surface area (Å²) in [5.41, 5.74) is 7.87. The smallest absolute Gasteiger partial charge is 0.407 e. The molecule has 44 heavy (non-hydrogen) atoms. The molecule has 1 N–H and O–H groups in total. The Morgan fingerprint density at radius 2 is 1.95 bits per heavy atom. The Morgan fingerprint density at radius 1 is 1.09 bits per heavy atom. The Kier molecular flexibility index (Phi) is 8.82. The van der Waals surface area contributed by atoms with Crippen LogP contribution >= 0.6 is 23.4 Å². The van der Waals surface area contributed by atoms with Crippen molar-refractivity contribution in [3.8, 4) is 17.0 Å². The molecule has 2 aromatic carbocycles. The van der Waals surface area contributed by atoms with E-state index in [1.54, 1.807) is 31.6 Å². The molecular weight excluding hydrogens is 594 g/mol. The molecular formula is C35H30ClN3O4S. The predicted molar refractivity (Wildman–Crippen MR) is 172 cm³/mol. The van der Waals surface area contributed by atoms with Gasteiger partial charge in [0.2, 0.25) is 5.88 Å². The van der Waals surface area contributed by atoms with Crippen molar-refractivity contribution in [2.75, 3.05) is 13.7 Å². The fourth-order valence-corrected chi connectivity index (χ4v) is 7.02. The number of benzene rings is 2. The predicted octanol–water partition coefficient (Wildman–Crippen LogP) is 8.14. The summed E-state index contributed by atoms with van der Waals surface area (Å²) in [5, 5.41) is 3.89. The zero-order chi connectivity index (χ0) is 30.6. The molecule has 0 saturated heterocycles. The average Bonchev–Trinajstić information content (AvgIpc) is 3.36. The SMILES string of the molecule is COc1cc(-c2cc(Cl)c(Sc3ncccc3C=O)c(CNC(=O)OCC3C4=C(CC(C)C=C4)c4ccccc43)c2)ccn1. The van der Waals surface area contributed by atoms with E-state index in [4.69, 9.17) is 21.1 Å². The van der Waals surface area contributed by atoms with Crippen LogP contribution in [0.5, 0.6) is 5.88 Å². The van der Waals surface area contributed by atoms with Crippen molar-refractivity contribution in [3.63, 3.8) is 0 Å². The molecule has 2 atom stereocenters. The molecule has 6 rings (SSSR count). The first-order valence-corrected chi connectivity index (χ1v) is 15.5. The van der Waals surface area contributed by atoms with Gasteiger partial charge in [0, 0.05) is 41.4 Å². The number of methoxy groups -OCH3 is 1. The number of aldehydes is 1. The number of hydrogen-bond acceptors (Lipinski definition) is 7. The van der Waals surface area contributed by atoms with Crippen LogP contribution in [0.4, 0.5) is 4.79 Å². The molecule has 2 aliphatic carbocycles. The van der Waals surface area contributed by atoms with Gasteiger partial charge in [-0.1, -0.05) is 66.7 Å². The molecule has 0 spiro atoms. The van der Waals surface area contributed by atoms with Crippen molar-refractivity contribution in [1.29, 1.82) is 0 Å². The first kappa shape index (κ1) is 29.7. The number of alkyl carbamates (subject to hydrolysis) is 1. The van der Waals surface area contributed by atoms with Crippen LogP contribution in [0.3, 0.4) is 0 Å². The van der Waals surface area contributed by atoms with Crippen LogP contribution in [0.1, 0.15) is 46.3 Å². The van der Waals surface area contributed by atoms with Gasteiger partial charge in [0.05, 0.1) is 12.1 Å². The molecule has 0 bridgehead atoms. The number of pyridine rings is 2. The molecule has 2 aliphatic rings. The van der Waals surface area contributed by atoms with E-state index in [1.807, 2.05) is 30.3 Å². The standard InChI is InChI=1S/C35H30ClN3O4S/c1-21-9-10-28-29(14-21)26-7-3-4-8-27(26)30(28)20-43-35(41)39-18-25-15-24(22-11-13-37-32(17-22)42-2)16-31(36)33(25)44-34-23(19-40)6-5-12-38-34/h3-13,15-17,19,21,30H,14,18,20H2,1-2H3,(H,39,41). The molecule has 0 fully saturated rings. The van der Waals surface area contributed by atoms with Gasteiger partial charge in [-0.25, -0.2) is 14.8 Å². The third-order valence-corrected chi connectivity index (χ3v) is 9.47. The third kappa shape index (κ3) is 6.14. The maximum Gasteiger partial charge on any atom is 0.407 e. The van der Waals surface area contributed by atoms with Gasteiger partial charge in [-0.15, -0.1) is 0 Å². The van der Waals surface area contributed by atoms with E-state index in [-0.39, 0.29) is 19.1 Å². The highest BCUT2D eigenvalue weighted by atomic mass is 35.5. The first-order valence-electron chi connectivity index (χ1n) is 14.3. The lowest BCUT2D eigenvalue weighted by molar-refractivity contribution is 0.112. The van der Waals surface area contributed by atoms with Crippen molar-refractivity contribution < 1.29 is 19.1 Å². The molecule has 2 heterocycles. The number of amides is 1. The Hall–Kier alpha value is -4.40. The Morgan fingerprint density at radius 3 is 2.80 bits per heavy atom. The lowest BCUT2D eigenvalue weighted by Gasteiger charge is -2.19. The summed E-state index contributed by atoms with van der Waals surface area (Å²) in [6, 6.07) is 19.2. The Labute approximate surface area is 265 Å². The largest absolute Gasteiger partial charge is 0.481 e. The Balaban J connectivity index is 1.23. The quantitative estimate of drug-likeness (QED) is 0.188. The van der Waals surface area contributed by atoms with Crippen LogP contribution in [0.15, 0.2) is 101 Å². The van der Waals surface area contributed by atoms with Crippen LogP contribution < -0.4 is 10.1 Å². The van der Waals surface area contributed by atoms with E-state index in [9.17, 15) is 9.59 Å². The highest BCUT2D eigenvalue weighted by Crippen LogP contribution is 2.47. The van der Waals surface area contributed by atoms with Crippen molar-refractivity contribution in [2.45, 2.75) is 35.7 Å². The number of aromatic nitrogens is 2. The number of halogens is 1. The summed E-state index contributed by atoms with van der Waals surface area (Å²) in [5.74, 6) is 0.937. The van der Waals surface area contributed by atoms with Crippen LogP contribution in [-0.2, 0) is 11.3 Å². The van der Waals surface area contributed by atoms with Gasteiger partial charge in [0.1, 0.15) is 11.6 Å². The zero-order valence-electron chi connectivity index (χ0n) is 24.2. The third-order valence-electron chi connectivity index (χ3n) is 7.84. The maximum absolute atomic E-state index is 13.1. The minimum absolute atomic E-state index is 0.00724. The molecule has 9 heteroatoms. The van der Waals surface area contributed by atoms with Crippen molar-refractivity contribution in [1.82, 2.24) is 15.3 Å². The van der Waals surface area contributed by atoms with E-state index in [1.165, 1.54) is 34.0 Å². The average molecular weight is 624 g/mol. The van der Waals surface area contributed by atoms with Gasteiger partial charge in [-0.3, -0.25) is 4.79 Å². The number of nitrogens with one attached hydrogen (secondary N) is 1. The minimum atomic E-state index is -0.529. The van der Waals surface area contributed by atoms with E-state index in [2.05, 4.69) is 52.6 Å². The lowest BCUT2D eigenvalue weighted by Crippen LogP contribution is -2.26. The van der Waals surface area contributed by atoms with Gasteiger partial charge in [-0.05, 0) is 81.6 Å². The minimum Gasteiger partial charge on any atom is -0.481 e. The molecule has 4 aromatic rings. The lowest BCUT2D eigenvalue weighted by atomic mass is 9.88. The number of carbonyl (C=O) groups is 2. The number of fused-ring (bicyclic) bond motifs is 2. The van der Waals surface area contributed by atoms with Gasteiger partial charge >= 0.3 is 6.09 Å². The molecule has 0 aliphatic heterocycles. The number of allylic oxidation sites excluding steroid dienone is 3. The molecule has 2 unspecified atom stereocenters.